The second kappa shape index (κ2) is 38.8. The number of aromatic nitrogens is 6. The zero-order valence-corrected chi connectivity index (χ0v) is 73.8. The predicted molar refractivity (Wildman–Crippen MR) is 495 cm³/mol. The van der Waals surface area contributed by atoms with Crippen LogP contribution < -0.4 is 9.80 Å². The summed E-state index contributed by atoms with van der Waals surface area (Å²) in [6.07, 6.45) is 3.63. The summed E-state index contributed by atoms with van der Waals surface area (Å²) in [5.74, 6) is 40.2. The Morgan fingerprint density at radius 2 is 0.369 bits per heavy atom. The molecule has 0 atom stereocenters. The van der Waals surface area contributed by atoms with E-state index in [0.717, 1.165) is 226 Å². The summed E-state index contributed by atoms with van der Waals surface area (Å²) in [4.78, 5) is 32.6. The molecule has 0 saturated heterocycles. The predicted octanol–water partition coefficient (Wildman–Crippen LogP) is 24.6. The van der Waals surface area contributed by atoms with Crippen LogP contribution in [-0.4, -0.2) is 29.9 Å². The van der Waals surface area contributed by atoms with Gasteiger partial charge in [-0.2, -0.15) is 12.1 Å². The van der Waals surface area contributed by atoms with Gasteiger partial charge in [-0.3, -0.25) is 29.9 Å². The summed E-state index contributed by atoms with van der Waals surface area (Å²) in [5.41, 5.74) is 28.8. The molecule has 0 fully saturated rings. The van der Waals surface area contributed by atoms with Gasteiger partial charge in [0.15, 0.2) is 0 Å². The van der Waals surface area contributed by atoms with E-state index >= 15 is 0 Å². The molecule has 0 N–H and O–H groups in total. The number of hydrogen-bond donors (Lipinski definition) is 0. The van der Waals surface area contributed by atoms with Crippen LogP contribution >= 0.6 is 0 Å². The molecule has 6 aromatic heterocycles. The Bertz CT molecular complexity index is 7080. The molecule has 122 heavy (non-hydrogen) atoms. The fourth-order valence-corrected chi connectivity index (χ4v) is 14.2. The van der Waals surface area contributed by atoms with Crippen molar-refractivity contribution in [2.24, 2.45) is 0 Å². The van der Waals surface area contributed by atoms with E-state index < -0.39 is 0 Å². The van der Waals surface area contributed by atoms with Gasteiger partial charge in [-0.1, -0.05) is 141 Å². The smallest absolute Gasteiger partial charge is 0.0717 e. The fourth-order valence-electron chi connectivity index (χ4n) is 14.2. The van der Waals surface area contributed by atoms with E-state index in [4.69, 9.17) is 19.9 Å². The van der Waals surface area contributed by atoms with Gasteiger partial charge >= 0.3 is 0 Å². The van der Waals surface area contributed by atoms with Gasteiger partial charge < -0.3 is 9.80 Å². The summed E-state index contributed by atoms with van der Waals surface area (Å²) in [5, 5.41) is 6.53. The van der Waals surface area contributed by atoms with Crippen LogP contribution in [0.2, 0.25) is 0 Å². The summed E-state index contributed by atoms with van der Waals surface area (Å²) in [6.45, 7) is 16.4. The van der Waals surface area contributed by atoms with Crippen molar-refractivity contribution in [1.82, 2.24) is 29.9 Å². The second-order valence-electron chi connectivity index (χ2n) is 29.1. The maximum atomic E-state index is 4.79. The topological polar surface area (TPSA) is 83.8 Å². The van der Waals surface area contributed by atoms with E-state index in [9.17, 15) is 0 Å². The molecule has 0 aliphatic heterocycles. The molecule has 18 aromatic rings. The molecule has 0 aliphatic rings. The van der Waals surface area contributed by atoms with Crippen molar-refractivity contribution in [2.45, 2.75) is 53.4 Å². The van der Waals surface area contributed by atoms with Gasteiger partial charge in [0, 0.05) is 211 Å². The maximum Gasteiger partial charge on any atom is 0.0717 e. The third-order valence-electron chi connectivity index (χ3n) is 20.8. The zero-order chi connectivity index (χ0) is 81.7. The molecule has 0 spiro atoms. The first kappa shape index (κ1) is 83.1. The minimum Gasteiger partial charge on any atom is -0.311 e. The average Bonchev–Trinajstić information content (AvgIpc) is 0.779. The number of anilines is 6. The van der Waals surface area contributed by atoms with Gasteiger partial charge in [0.2, 0.25) is 0 Å². The first-order valence-electron chi connectivity index (χ1n) is 40.3. The Hall–Kier alpha value is -14.0. The first-order chi connectivity index (χ1) is 58.9. The third kappa shape index (κ3) is 20.3. The molecule has 2 radical (unpaired) electrons. The summed E-state index contributed by atoms with van der Waals surface area (Å²) >= 11 is 0. The molecule has 18 rings (SSSR count). The largest absolute Gasteiger partial charge is 0.311 e. The van der Waals surface area contributed by atoms with Crippen LogP contribution in [0.15, 0.2) is 328 Å². The molecule has 10 heteroatoms. The van der Waals surface area contributed by atoms with Gasteiger partial charge in [-0.15, -0.1) is 23.5 Å². The fraction of sp³-hybridized carbons (Fsp3) is 0.0714. The minimum absolute atomic E-state index is 0. The molecule has 0 bridgehead atoms. The van der Waals surface area contributed by atoms with Crippen LogP contribution in [-0.2, 0) is 91.1 Å². The monoisotopic (exact) mass is 1710 g/mol. The van der Waals surface area contributed by atoms with Crippen molar-refractivity contribution in [3.63, 3.8) is 0 Å². The SMILES string of the molecule is [CH2-]c1ccc2cc(C#Cc3ccc(N(c4ccc(C#Cc5ccc6nc(CC)ccc6c5)cc4)c4ccc(C#Cc5ccc6nc(CC)ccc6c5)cc4)cc3)ccc2n1.[CH2-]c1ccc2ccc(C#Cc3ccc(N(c4ccc(C#Cc5ccc6ccc(CC)nc6c5)cc4)c4ccc(C#Cc5ccc6ccc(CC)nc6c5)cc4)cc3)cc2n1.[Y].[Y]. The van der Waals surface area contributed by atoms with E-state index in [0.29, 0.717) is 0 Å². The van der Waals surface area contributed by atoms with Crippen molar-refractivity contribution in [3.8, 4) is 71.0 Å². The molecule has 0 amide bonds. The molecule has 8 nitrogen and oxygen atoms in total. The summed E-state index contributed by atoms with van der Waals surface area (Å²) in [6, 6.07) is 112. The Kier molecular flexibility index (Phi) is 26.4. The number of hydrogen-bond acceptors (Lipinski definition) is 8. The van der Waals surface area contributed by atoms with E-state index in [-0.39, 0.29) is 65.4 Å². The Morgan fingerprint density at radius 1 is 0.189 bits per heavy atom. The number of nitrogens with zero attached hydrogens (tertiary/aromatic N) is 8. The number of rotatable bonds is 10. The standard InChI is InChI=1S/2C56H39N4.2Y/c1-4-49-25-23-47-37-44(20-34-55(47)58-49)11-8-41-15-29-52(30-16-41)60(51-27-13-40(14-28-51)7-10-43-19-33-54-46(36-43)22-6-39(3)57-54)53-31-17-42(18-32-53)9-12-45-21-35-56-48(38-45)24-26-50(5-2)59-56;1-4-49-28-26-47-24-14-44(37-55(47)58-49)11-8-41-18-32-52(33-19-41)60(51-30-16-40(17-31-51)7-10-43-13-23-46-22-6-39(3)57-54(46)36-43)53-34-20-42(21-35-53)9-12-45-15-25-48-27-29-50(5-2)59-56(48)38-45;;/h2*6,13-38H,3-5H2,1-2H3;;/q2*-1;;. The molecular formula is C112H78N8Y2-2. The Morgan fingerprint density at radius 3 is 0.639 bits per heavy atom. The van der Waals surface area contributed by atoms with Crippen molar-refractivity contribution in [2.75, 3.05) is 9.80 Å². The molecule has 574 valence electrons. The van der Waals surface area contributed by atoms with Crippen LogP contribution in [0, 0.1) is 84.9 Å². The van der Waals surface area contributed by atoms with E-state index in [2.05, 4.69) is 393 Å². The third-order valence-corrected chi connectivity index (χ3v) is 20.8. The zero-order valence-electron chi connectivity index (χ0n) is 68.2. The molecule has 12 aromatic carbocycles. The Labute approximate surface area is 764 Å². The number of pyridine rings is 6. The van der Waals surface area contributed by atoms with Gasteiger partial charge in [0.1, 0.15) is 0 Å². The summed E-state index contributed by atoms with van der Waals surface area (Å²) < 4.78 is 0. The van der Waals surface area contributed by atoms with Crippen molar-refractivity contribution >= 4 is 99.5 Å². The quantitative estimate of drug-likeness (QED) is 0.0989. The van der Waals surface area contributed by atoms with Gasteiger partial charge in [0.25, 0.3) is 0 Å². The van der Waals surface area contributed by atoms with Crippen molar-refractivity contribution < 1.29 is 65.4 Å². The molecule has 0 aliphatic carbocycles. The van der Waals surface area contributed by atoms with Crippen molar-refractivity contribution in [3.05, 3.63) is 442 Å². The van der Waals surface area contributed by atoms with Crippen molar-refractivity contribution in [1.29, 1.82) is 0 Å². The molecule has 0 unspecified atom stereocenters. The number of benzene rings is 12. The number of aryl methyl sites for hydroxylation is 4. The minimum atomic E-state index is 0. The first-order valence-corrected chi connectivity index (χ1v) is 40.3. The Balaban J connectivity index is 0.000000186. The summed E-state index contributed by atoms with van der Waals surface area (Å²) in [7, 11) is 0. The second-order valence-corrected chi connectivity index (χ2v) is 29.1. The van der Waals surface area contributed by atoms with Crippen LogP contribution in [0.5, 0.6) is 0 Å². The van der Waals surface area contributed by atoms with Crippen LogP contribution in [0.1, 0.15) is 129 Å². The van der Waals surface area contributed by atoms with Gasteiger partial charge in [0.05, 0.1) is 33.1 Å². The van der Waals surface area contributed by atoms with E-state index in [1.54, 1.807) is 0 Å². The van der Waals surface area contributed by atoms with Gasteiger partial charge in [-0.05, 0) is 297 Å². The van der Waals surface area contributed by atoms with E-state index in [1.165, 1.54) is 0 Å². The molecular weight excluding hydrogens is 1640 g/mol. The maximum absolute atomic E-state index is 4.79. The number of fused-ring (bicyclic) bond motifs is 6. The van der Waals surface area contributed by atoms with Crippen LogP contribution in [0.4, 0.5) is 34.1 Å². The molecule has 6 heterocycles. The van der Waals surface area contributed by atoms with Crippen LogP contribution in [0.25, 0.3) is 65.4 Å². The van der Waals surface area contributed by atoms with Gasteiger partial charge in [-0.25, -0.2) is 13.8 Å². The van der Waals surface area contributed by atoms with Crippen LogP contribution in [0.3, 0.4) is 0 Å². The normalized spacial score (nSPS) is 10.5. The average molecular weight is 1710 g/mol. The van der Waals surface area contributed by atoms with E-state index in [1.807, 2.05) is 66.7 Å². The molecule has 0 saturated carbocycles.